The zero-order chi connectivity index (χ0) is 14.5. The molecule has 5 heteroatoms. The van der Waals surface area contributed by atoms with Gasteiger partial charge < -0.3 is 19.7 Å². The second-order valence-electron chi connectivity index (χ2n) is 5.51. The summed E-state index contributed by atoms with van der Waals surface area (Å²) in [5.41, 5.74) is 1.15. The van der Waals surface area contributed by atoms with Crippen LogP contribution in [-0.4, -0.2) is 43.8 Å². The first-order valence-corrected chi connectivity index (χ1v) is 7.74. The number of nitrogens with one attached hydrogen (secondary N) is 1. The summed E-state index contributed by atoms with van der Waals surface area (Å²) in [6, 6.07) is 6.03. The lowest BCUT2D eigenvalue weighted by molar-refractivity contribution is 0.171. The third-order valence-electron chi connectivity index (χ3n) is 3.94. The topological polar surface area (TPSA) is 50.8 Å². The minimum atomic E-state index is 0.0623. The SMILES string of the molecule is O=C(NCCc1ccc2c(c1)OCCO2)N1CCCCC1. The summed E-state index contributed by atoms with van der Waals surface area (Å²) in [7, 11) is 0. The van der Waals surface area contributed by atoms with E-state index in [0.29, 0.717) is 19.8 Å². The predicted molar refractivity (Wildman–Crippen MR) is 80.0 cm³/mol. The van der Waals surface area contributed by atoms with Gasteiger partial charge in [-0.1, -0.05) is 6.07 Å². The third-order valence-corrected chi connectivity index (χ3v) is 3.94. The summed E-state index contributed by atoms with van der Waals surface area (Å²) < 4.78 is 11.1. The molecule has 0 saturated carbocycles. The Morgan fingerprint density at radius 1 is 1.10 bits per heavy atom. The van der Waals surface area contributed by atoms with Crippen molar-refractivity contribution in [3.63, 3.8) is 0 Å². The molecule has 5 nitrogen and oxygen atoms in total. The molecule has 21 heavy (non-hydrogen) atoms. The molecule has 114 valence electrons. The molecule has 2 amide bonds. The number of rotatable bonds is 3. The Balaban J connectivity index is 1.47. The van der Waals surface area contributed by atoms with Crippen molar-refractivity contribution in [2.45, 2.75) is 25.7 Å². The van der Waals surface area contributed by atoms with E-state index in [2.05, 4.69) is 5.32 Å². The van der Waals surface area contributed by atoms with E-state index >= 15 is 0 Å². The molecule has 1 aromatic carbocycles. The molecule has 2 aliphatic heterocycles. The molecule has 0 bridgehead atoms. The second kappa shape index (κ2) is 6.70. The van der Waals surface area contributed by atoms with Gasteiger partial charge in [0, 0.05) is 19.6 Å². The molecule has 0 unspecified atom stereocenters. The van der Waals surface area contributed by atoms with Crippen LogP contribution >= 0.6 is 0 Å². The van der Waals surface area contributed by atoms with Gasteiger partial charge in [-0.3, -0.25) is 0 Å². The molecule has 0 atom stereocenters. The number of hydrogen-bond donors (Lipinski definition) is 1. The molecule has 1 fully saturated rings. The molecule has 0 aliphatic carbocycles. The van der Waals surface area contributed by atoms with Gasteiger partial charge in [0.15, 0.2) is 11.5 Å². The van der Waals surface area contributed by atoms with Gasteiger partial charge in [0.2, 0.25) is 0 Å². The van der Waals surface area contributed by atoms with Crippen LogP contribution in [0.1, 0.15) is 24.8 Å². The number of ether oxygens (including phenoxy) is 2. The number of carbonyl (C=O) groups is 1. The van der Waals surface area contributed by atoms with Crippen LogP contribution in [0.3, 0.4) is 0 Å². The molecule has 1 saturated heterocycles. The highest BCUT2D eigenvalue weighted by Gasteiger charge is 2.16. The maximum Gasteiger partial charge on any atom is 0.317 e. The highest BCUT2D eigenvalue weighted by atomic mass is 16.6. The van der Waals surface area contributed by atoms with E-state index in [4.69, 9.17) is 9.47 Å². The first kappa shape index (κ1) is 14.0. The third kappa shape index (κ3) is 3.60. The predicted octanol–water partition coefficient (Wildman–Crippen LogP) is 2.20. The number of benzene rings is 1. The first-order valence-electron chi connectivity index (χ1n) is 7.74. The summed E-state index contributed by atoms with van der Waals surface area (Å²) in [5.74, 6) is 1.61. The highest BCUT2D eigenvalue weighted by molar-refractivity contribution is 5.74. The Labute approximate surface area is 125 Å². The van der Waals surface area contributed by atoms with Gasteiger partial charge in [-0.2, -0.15) is 0 Å². The van der Waals surface area contributed by atoms with Gasteiger partial charge in [0.1, 0.15) is 13.2 Å². The lowest BCUT2D eigenvalue weighted by Gasteiger charge is -2.26. The van der Waals surface area contributed by atoms with E-state index < -0.39 is 0 Å². The Bertz CT molecular complexity index is 498. The number of piperidine rings is 1. The Hall–Kier alpha value is -1.91. The molecule has 1 aromatic rings. The van der Waals surface area contributed by atoms with Crippen LogP contribution in [0.4, 0.5) is 4.79 Å². The number of hydrogen-bond acceptors (Lipinski definition) is 3. The molecule has 0 aromatic heterocycles. The largest absolute Gasteiger partial charge is 0.486 e. The molecule has 3 rings (SSSR count). The quantitative estimate of drug-likeness (QED) is 0.928. The molecule has 0 radical (unpaired) electrons. The van der Waals surface area contributed by atoms with Crippen molar-refractivity contribution in [3.05, 3.63) is 23.8 Å². The Morgan fingerprint density at radius 2 is 1.86 bits per heavy atom. The van der Waals surface area contributed by atoms with Gasteiger partial charge in [0.05, 0.1) is 0 Å². The highest BCUT2D eigenvalue weighted by Crippen LogP contribution is 2.30. The zero-order valence-electron chi connectivity index (χ0n) is 12.3. The average molecular weight is 290 g/mol. The Morgan fingerprint density at radius 3 is 2.67 bits per heavy atom. The van der Waals surface area contributed by atoms with Crippen molar-refractivity contribution in [1.82, 2.24) is 10.2 Å². The summed E-state index contributed by atoms with van der Waals surface area (Å²) >= 11 is 0. The molecular weight excluding hydrogens is 268 g/mol. The van der Waals surface area contributed by atoms with E-state index in [0.717, 1.165) is 49.4 Å². The smallest absolute Gasteiger partial charge is 0.317 e. The average Bonchev–Trinajstić information content (AvgIpc) is 2.55. The van der Waals surface area contributed by atoms with Crippen molar-refractivity contribution in [2.75, 3.05) is 32.8 Å². The molecule has 2 aliphatic rings. The lowest BCUT2D eigenvalue weighted by Crippen LogP contribution is -2.43. The van der Waals surface area contributed by atoms with Crippen molar-refractivity contribution in [1.29, 1.82) is 0 Å². The molecular formula is C16H22N2O3. The minimum Gasteiger partial charge on any atom is -0.486 e. The van der Waals surface area contributed by atoms with E-state index in [1.165, 1.54) is 6.42 Å². The normalized spacial score (nSPS) is 17.4. The van der Waals surface area contributed by atoms with E-state index in [9.17, 15) is 4.79 Å². The van der Waals surface area contributed by atoms with Crippen molar-refractivity contribution in [3.8, 4) is 11.5 Å². The summed E-state index contributed by atoms with van der Waals surface area (Å²) in [6.45, 7) is 3.63. The standard InChI is InChI=1S/C16H22N2O3/c19-16(18-8-2-1-3-9-18)17-7-6-13-4-5-14-15(12-13)21-11-10-20-14/h4-5,12H,1-3,6-11H2,(H,17,19). The fourth-order valence-electron chi connectivity index (χ4n) is 2.77. The van der Waals surface area contributed by atoms with Gasteiger partial charge in [-0.15, -0.1) is 0 Å². The number of urea groups is 1. The summed E-state index contributed by atoms with van der Waals surface area (Å²) in [5, 5.41) is 3.00. The van der Waals surface area contributed by atoms with Crippen molar-refractivity contribution in [2.24, 2.45) is 0 Å². The zero-order valence-corrected chi connectivity index (χ0v) is 12.3. The van der Waals surface area contributed by atoms with Gasteiger partial charge in [0.25, 0.3) is 0 Å². The second-order valence-corrected chi connectivity index (χ2v) is 5.51. The molecule has 1 N–H and O–H groups in total. The fourth-order valence-corrected chi connectivity index (χ4v) is 2.77. The van der Waals surface area contributed by atoms with Gasteiger partial charge >= 0.3 is 6.03 Å². The van der Waals surface area contributed by atoms with Crippen molar-refractivity contribution < 1.29 is 14.3 Å². The maximum absolute atomic E-state index is 12.0. The van der Waals surface area contributed by atoms with Crippen LogP contribution in [0, 0.1) is 0 Å². The Kier molecular flexibility index (Phi) is 4.48. The van der Waals surface area contributed by atoms with Gasteiger partial charge in [-0.25, -0.2) is 4.79 Å². The molecule has 0 spiro atoms. The van der Waals surface area contributed by atoms with Gasteiger partial charge in [-0.05, 0) is 43.4 Å². The lowest BCUT2D eigenvalue weighted by atomic mass is 10.1. The van der Waals surface area contributed by atoms with Crippen LogP contribution in [0.2, 0.25) is 0 Å². The first-order chi connectivity index (χ1) is 10.3. The monoisotopic (exact) mass is 290 g/mol. The number of nitrogens with zero attached hydrogens (tertiary/aromatic N) is 1. The van der Waals surface area contributed by atoms with Crippen LogP contribution in [0.5, 0.6) is 11.5 Å². The summed E-state index contributed by atoms with van der Waals surface area (Å²) in [6.07, 6.45) is 4.28. The number of likely N-dealkylation sites (tertiary alicyclic amines) is 1. The van der Waals surface area contributed by atoms with Crippen molar-refractivity contribution >= 4 is 6.03 Å². The van der Waals surface area contributed by atoms with E-state index in [-0.39, 0.29) is 6.03 Å². The van der Waals surface area contributed by atoms with Crippen LogP contribution in [-0.2, 0) is 6.42 Å². The van der Waals surface area contributed by atoms with Crippen LogP contribution in [0.25, 0.3) is 0 Å². The molecule has 2 heterocycles. The van der Waals surface area contributed by atoms with Crippen LogP contribution in [0.15, 0.2) is 18.2 Å². The van der Waals surface area contributed by atoms with E-state index in [1.807, 2.05) is 23.1 Å². The van der Waals surface area contributed by atoms with E-state index in [1.54, 1.807) is 0 Å². The fraction of sp³-hybridized carbons (Fsp3) is 0.562. The number of amides is 2. The summed E-state index contributed by atoms with van der Waals surface area (Å²) in [4.78, 5) is 13.9. The maximum atomic E-state index is 12.0. The number of carbonyl (C=O) groups excluding carboxylic acids is 1. The van der Waals surface area contributed by atoms with Crippen LogP contribution < -0.4 is 14.8 Å². The number of fused-ring (bicyclic) bond motifs is 1. The minimum absolute atomic E-state index is 0.0623.